The van der Waals surface area contributed by atoms with Crippen molar-refractivity contribution in [1.29, 1.82) is 0 Å². The SMILES string of the molecule is CCNC(c1ccoc1)C(CC)OC. The molecule has 0 aromatic carbocycles. The van der Waals surface area contributed by atoms with Gasteiger partial charge in [0.05, 0.1) is 24.7 Å². The minimum Gasteiger partial charge on any atom is -0.472 e. The van der Waals surface area contributed by atoms with Crippen molar-refractivity contribution in [1.82, 2.24) is 5.32 Å². The monoisotopic (exact) mass is 197 g/mol. The van der Waals surface area contributed by atoms with Crippen LogP contribution in [0.5, 0.6) is 0 Å². The van der Waals surface area contributed by atoms with Crippen molar-refractivity contribution in [3.05, 3.63) is 24.2 Å². The van der Waals surface area contributed by atoms with Gasteiger partial charge in [-0.2, -0.15) is 0 Å². The molecule has 0 fully saturated rings. The Morgan fingerprint density at radius 1 is 1.50 bits per heavy atom. The Kier molecular flexibility index (Phi) is 4.70. The molecule has 0 radical (unpaired) electrons. The number of ether oxygens (including phenoxy) is 1. The number of furan rings is 1. The number of nitrogens with one attached hydrogen (secondary N) is 1. The molecular formula is C11H19NO2. The third-order valence-corrected chi connectivity index (χ3v) is 2.40. The van der Waals surface area contributed by atoms with Crippen molar-refractivity contribution in [2.45, 2.75) is 32.4 Å². The Morgan fingerprint density at radius 3 is 2.71 bits per heavy atom. The number of rotatable bonds is 6. The zero-order chi connectivity index (χ0) is 10.4. The molecule has 0 aliphatic rings. The van der Waals surface area contributed by atoms with Crippen LogP contribution in [0.25, 0.3) is 0 Å². The molecule has 1 aromatic heterocycles. The average Bonchev–Trinajstić information content (AvgIpc) is 2.71. The molecule has 1 rings (SSSR count). The smallest absolute Gasteiger partial charge is 0.0951 e. The lowest BCUT2D eigenvalue weighted by Gasteiger charge is -2.24. The number of methoxy groups -OCH3 is 1. The van der Waals surface area contributed by atoms with Crippen molar-refractivity contribution in [2.75, 3.05) is 13.7 Å². The highest BCUT2D eigenvalue weighted by Crippen LogP contribution is 2.21. The Labute approximate surface area is 85.4 Å². The van der Waals surface area contributed by atoms with E-state index in [9.17, 15) is 0 Å². The van der Waals surface area contributed by atoms with Gasteiger partial charge in [-0.1, -0.05) is 13.8 Å². The van der Waals surface area contributed by atoms with E-state index in [2.05, 4.69) is 19.2 Å². The third kappa shape index (κ3) is 2.59. The van der Waals surface area contributed by atoms with Gasteiger partial charge in [0.25, 0.3) is 0 Å². The van der Waals surface area contributed by atoms with Gasteiger partial charge in [-0.15, -0.1) is 0 Å². The van der Waals surface area contributed by atoms with Crippen LogP contribution in [0.4, 0.5) is 0 Å². The molecule has 0 amide bonds. The van der Waals surface area contributed by atoms with Crippen molar-refractivity contribution >= 4 is 0 Å². The van der Waals surface area contributed by atoms with Gasteiger partial charge in [-0.25, -0.2) is 0 Å². The molecule has 0 aliphatic carbocycles. The van der Waals surface area contributed by atoms with E-state index < -0.39 is 0 Å². The second-order valence-corrected chi connectivity index (χ2v) is 3.27. The fraction of sp³-hybridized carbons (Fsp3) is 0.636. The van der Waals surface area contributed by atoms with Gasteiger partial charge in [0.2, 0.25) is 0 Å². The van der Waals surface area contributed by atoms with Crippen LogP contribution in [0.15, 0.2) is 23.0 Å². The molecule has 80 valence electrons. The molecule has 0 bridgehead atoms. The first kappa shape index (κ1) is 11.3. The van der Waals surface area contributed by atoms with Crippen LogP contribution in [-0.2, 0) is 4.74 Å². The van der Waals surface area contributed by atoms with Crippen LogP contribution >= 0.6 is 0 Å². The maximum atomic E-state index is 5.43. The van der Waals surface area contributed by atoms with Crippen LogP contribution in [-0.4, -0.2) is 19.8 Å². The van der Waals surface area contributed by atoms with E-state index in [1.165, 1.54) is 0 Å². The molecule has 1 N–H and O–H groups in total. The Morgan fingerprint density at radius 2 is 2.29 bits per heavy atom. The van der Waals surface area contributed by atoms with Gasteiger partial charge < -0.3 is 14.5 Å². The first-order chi connectivity index (χ1) is 6.83. The molecule has 3 heteroatoms. The zero-order valence-electron chi connectivity index (χ0n) is 9.12. The number of hydrogen-bond acceptors (Lipinski definition) is 3. The number of hydrogen-bond donors (Lipinski definition) is 1. The summed E-state index contributed by atoms with van der Waals surface area (Å²) in [5.74, 6) is 0. The summed E-state index contributed by atoms with van der Waals surface area (Å²) in [6.45, 7) is 5.14. The van der Waals surface area contributed by atoms with Crippen molar-refractivity contribution in [3.8, 4) is 0 Å². The summed E-state index contributed by atoms with van der Waals surface area (Å²) in [5.41, 5.74) is 1.15. The molecule has 1 heterocycles. The highest BCUT2D eigenvalue weighted by molar-refractivity contribution is 5.13. The lowest BCUT2D eigenvalue weighted by Crippen LogP contribution is -2.32. The van der Waals surface area contributed by atoms with Crippen molar-refractivity contribution in [3.63, 3.8) is 0 Å². The van der Waals surface area contributed by atoms with Gasteiger partial charge in [-0.3, -0.25) is 0 Å². The maximum Gasteiger partial charge on any atom is 0.0951 e. The fourth-order valence-corrected chi connectivity index (χ4v) is 1.67. The summed E-state index contributed by atoms with van der Waals surface area (Å²) in [6.07, 6.45) is 4.66. The number of likely N-dealkylation sites (N-methyl/N-ethyl adjacent to an activating group) is 1. The molecule has 0 aliphatic heterocycles. The van der Waals surface area contributed by atoms with Crippen LogP contribution in [0.2, 0.25) is 0 Å². The minimum atomic E-state index is 0.201. The molecule has 0 spiro atoms. The summed E-state index contributed by atoms with van der Waals surface area (Å²) in [6, 6.07) is 2.21. The predicted molar refractivity (Wildman–Crippen MR) is 56.2 cm³/mol. The third-order valence-electron chi connectivity index (χ3n) is 2.40. The van der Waals surface area contributed by atoms with E-state index in [0.29, 0.717) is 0 Å². The first-order valence-corrected chi connectivity index (χ1v) is 5.11. The normalized spacial score (nSPS) is 15.4. The van der Waals surface area contributed by atoms with E-state index in [1.54, 1.807) is 19.6 Å². The highest BCUT2D eigenvalue weighted by atomic mass is 16.5. The summed E-state index contributed by atoms with van der Waals surface area (Å²) < 4.78 is 10.5. The van der Waals surface area contributed by atoms with E-state index in [1.807, 2.05) is 6.07 Å². The summed E-state index contributed by atoms with van der Waals surface area (Å²) >= 11 is 0. The van der Waals surface area contributed by atoms with Crippen molar-refractivity contribution < 1.29 is 9.15 Å². The lowest BCUT2D eigenvalue weighted by atomic mass is 10.0. The predicted octanol–water partition coefficient (Wildman–Crippen LogP) is 2.36. The standard InChI is InChI=1S/C11H19NO2/c1-4-10(13-3)11(12-5-2)9-6-7-14-8-9/h6-8,10-12H,4-5H2,1-3H3. The molecule has 1 aromatic rings. The van der Waals surface area contributed by atoms with Crippen LogP contribution in [0.3, 0.4) is 0 Å². The van der Waals surface area contributed by atoms with Gasteiger partial charge in [0.1, 0.15) is 0 Å². The lowest BCUT2D eigenvalue weighted by molar-refractivity contribution is 0.0654. The minimum absolute atomic E-state index is 0.201. The Hall–Kier alpha value is -0.800. The van der Waals surface area contributed by atoms with Crippen LogP contribution in [0.1, 0.15) is 31.9 Å². The quantitative estimate of drug-likeness (QED) is 0.760. The molecular weight excluding hydrogens is 178 g/mol. The van der Waals surface area contributed by atoms with E-state index in [-0.39, 0.29) is 12.1 Å². The Balaban J connectivity index is 2.72. The molecule has 3 nitrogen and oxygen atoms in total. The van der Waals surface area contributed by atoms with Gasteiger partial charge in [0, 0.05) is 12.7 Å². The fourth-order valence-electron chi connectivity index (χ4n) is 1.67. The first-order valence-electron chi connectivity index (χ1n) is 5.11. The van der Waals surface area contributed by atoms with E-state index >= 15 is 0 Å². The summed E-state index contributed by atoms with van der Waals surface area (Å²) in [4.78, 5) is 0. The largest absolute Gasteiger partial charge is 0.472 e. The van der Waals surface area contributed by atoms with Crippen LogP contribution in [0, 0.1) is 0 Å². The van der Waals surface area contributed by atoms with Crippen LogP contribution < -0.4 is 5.32 Å². The van der Waals surface area contributed by atoms with E-state index in [0.717, 1.165) is 18.5 Å². The highest BCUT2D eigenvalue weighted by Gasteiger charge is 2.21. The molecule has 2 unspecified atom stereocenters. The maximum absolute atomic E-state index is 5.43. The van der Waals surface area contributed by atoms with Gasteiger partial charge >= 0.3 is 0 Å². The Bertz CT molecular complexity index is 229. The zero-order valence-corrected chi connectivity index (χ0v) is 9.12. The molecule has 14 heavy (non-hydrogen) atoms. The topological polar surface area (TPSA) is 34.4 Å². The average molecular weight is 197 g/mol. The summed E-state index contributed by atoms with van der Waals surface area (Å²) in [5, 5.41) is 3.40. The second-order valence-electron chi connectivity index (χ2n) is 3.27. The summed E-state index contributed by atoms with van der Waals surface area (Å²) in [7, 11) is 1.75. The van der Waals surface area contributed by atoms with Gasteiger partial charge in [-0.05, 0) is 19.0 Å². The second kappa shape index (κ2) is 5.83. The molecule has 0 saturated carbocycles. The van der Waals surface area contributed by atoms with Crippen molar-refractivity contribution in [2.24, 2.45) is 0 Å². The molecule has 2 atom stereocenters. The van der Waals surface area contributed by atoms with E-state index in [4.69, 9.17) is 9.15 Å². The molecule has 0 saturated heterocycles. The van der Waals surface area contributed by atoms with Gasteiger partial charge in [0.15, 0.2) is 0 Å².